The van der Waals surface area contributed by atoms with Crippen molar-refractivity contribution >= 4 is 0 Å². The standard InChI is InChI=1S/C14H21NO2/c1-10-4-5-14(16)13(8-10)11(2)15(3)12-6-7-17-9-12/h4-5,8,11-12,16H,6-7,9H2,1-3H3. The number of rotatable bonds is 3. The average molecular weight is 235 g/mol. The predicted molar refractivity (Wildman–Crippen MR) is 68.2 cm³/mol. The van der Waals surface area contributed by atoms with Crippen LogP contribution in [-0.4, -0.2) is 36.3 Å². The topological polar surface area (TPSA) is 32.7 Å². The highest BCUT2D eigenvalue weighted by Gasteiger charge is 2.25. The van der Waals surface area contributed by atoms with E-state index in [2.05, 4.69) is 24.9 Å². The Morgan fingerprint density at radius 3 is 2.88 bits per heavy atom. The van der Waals surface area contributed by atoms with Crippen LogP contribution in [0.5, 0.6) is 5.75 Å². The van der Waals surface area contributed by atoms with E-state index in [1.165, 1.54) is 5.56 Å². The zero-order valence-corrected chi connectivity index (χ0v) is 10.8. The van der Waals surface area contributed by atoms with E-state index in [9.17, 15) is 5.11 Å². The second kappa shape index (κ2) is 5.07. The first-order valence-electron chi connectivity index (χ1n) is 6.19. The maximum atomic E-state index is 9.94. The second-order valence-corrected chi connectivity index (χ2v) is 4.92. The van der Waals surface area contributed by atoms with Crippen LogP contribution >= 0.6 is 0 Å². The van der Waals surface area contributed by atoms with Gasteiger partial charge in [-0.25, -0.2) is 0 Å². The Morgan fingerprint density at radius 1 is 1.47 bits per heavy atom. The molecule has 1 N–H and O–H groups in total. The summed E-state index contributed by atoms with van der Waals surface area (Å²) in [5.41, 5.74) is 2.18. The summed E-state index contributed by atoms with van der Waals surface area (Å²) in [7, 11) is 2.10. The van der Waals surface area contributed by atoms with Crippen LogP contribution in [-0.2, 0) is 4.74 Å². The molecule has 1 aliphatic rings. The van der Waals surface area contributed by atoms with Crippen molar-refractivity contribution in [2.45, 2.75) is 32.4 Å². The number of phenols is 1. The number of hydrogen-bond donors (Lipinski definition) is 1. The molecule has 1 fully saturated rings. The molecule has 17 heavy (non-hydrogen) atoms. The van der Waals surface area contributed by atoms with Crippen LogP contribution in [0.25, 0.3) is 0 Å². The normalized spacial score (nSPS) is 22.0. The van der Waals surface area contributed by atoms with Gasteiger partial charge in [-0.1, -0.05) is 17.7 Å². The molecule has 0 aliphatic carbocycles. The third-order valence-corrected chi connectivity index (χ3v) is 3.73. The Balaban J connectivity index is 2.17. The first kappa shape index (κ1) is 12.4. The van der Waals surface area contributed by atoms with E-state index < -0.39 is 0 Å². The molecule has 1 aromatic carbocycles. The molecule has 3 nitrogen and oxygen atoms in total. The highest BCUT2D eigenvalue weighted by molar-refractivity contribution is 5.37. The van der Waals surface area contributed by atoms with Crippen LogP contribution in [0.2, 0.25) is 0 Å². The molecule has 3 heteroatoms. The number of phenolic OH excluding ortho intramolecular Hbond substituents is 1. The predicted octanol–water partition coefficient (Wildman–Crippen LogP) is 2.48. The van der Waals surface area contributed by atoms with Crippen LogP contribution in [0.15, 0.2) is 18.2 Å². The Bertz CT molecular complexity index is 386. The van der Waals surface area contributed by atoms with Gasteiger partial charge in [0.15, 0.2) is 0 Å². The Hall–Kier alpha value is -1.06. The lowest BCUT2D eigenvalue weighted by Crippen LogP contribution is -2.34. The van der Waals surface area contributed by atoms with Gasteiger partial charge in [-0.05, 0) is 33.4 Å². The van der Waals surface area contributed by atoms with Gasteiger partial charge in [0.25, 0.3) is 0 Å². The van der Waals surface area contributed by atoms with Gasteiger partial charge in [0.05, 0.1) is 6.61 Å². The number of ether oxygens (including phenoxy) is 1. The number of likely N-dealkylation sites (N-methyl/N-ethyl adjacent to an activating group) is 1. The Morgan fingerprint density at radius 2 is 2.24 bits per heavy atom. The molecular formula is C14H21NO2. The fraction of sp³-hybridized carbons (Fsp3) is 0.571. The molecule has 0 amide bonds. The molecule has 2 rings (SSSR count). The molecule has 0 spiro atoms. The number of hydrogen-bond acceptors (Lipinski definition) is 3. The molecule has 1 aliphatic heterocycles. The smallest absolute Gasteiger partial charge is 0.120 e. The summed E-state index contributed by atoms with van der Waals surface area (Å²) in [5, 5.41) is 9.94. The van der Waals surface area contributed by atoms with E-state index in [-0.39, 0.29) is 6.04 Å². The summed E-state index contributed by atoms with van der Waals surface area (Å²) in [6.45, 7) is 5.83. The lowest BCUT2D eigenvalue weighted by atomic mass is 10.0. The van der Waals surface area contributed by atoms with Crippen LogP contribution in [0.3, 0.4) is 0 Å². The molecule has 1 saturated heterocycles. The van der Waals surface area contributed by atoms with Crippen molar-refractivity contribution in [2.75, 3.05) is 20.3 Å². The van der Waals surface area contributed by atoms with Gasteiger partial charge < -0.3 is 9.84 Å². The number of aromatic hydroxyl groups is 1. The molecule has 0 radical (unpaired) electrons. The lowest BCUT2D eigenvalue weighted by Gasteiger charge is -2.30. The highest BCUT2D eigenvalue weighted by atomic mass is 16.5. The van der Waals surface area contributed by atoms with Crippen molar-refractivity contribution < 1.29 is 9.84 Å². The lowest BCUT2D eigenvalue weighted by molar-refractivity contribution is 0.137. The van der Waals surface area contributed by atoms with Crippen molar-refractivity contribution in [2.24, 2.45) is 0 Å². The largest absolute Gasteiger partial charge is 0.508 e. The minimum atomic E-state index is 0.210. The molecule has 0 aromatic heterocycles. The maximum Gasteiger partial charge on any atom is 0.120 e. The minimum absolute atomic E-state index is 0.210. The average Bonchev–Trinajstić information content (AvgIpc) is 2.84. The molecule has 94 valence electrons. The number of benzene rings is 1. The van der Waals surface area contributed by atoms with Gasteiger partial charge in [0.2, 0.25) is 0 Å². The quantitative estimate of drug-likeness (QED) is 0.873. The van der Waals surface area contributed by atoms with Crippen LogP contribution in [0, 0.1) is 6.92 Å². The Kier molecular flexibility index (Phi) is 3.69. The molecule has 2 unspecified atom stereocenters. The summed E-state index contributed by atoms with van der Waals surface area (Å²) in [5.74, 6) is 0.383. The minimum Gasteiger partial charge on any atom is -0.508 e. The number of nitrogens with zero attached hydrogens (tertiary/aromatic N) is 1. The SMILES string of the molecule is Cc1ccc(O)c(C(C)N(C)C2CCOC2)c1. The zero-order chi connectivity index (χ0) is 12.4. The summed E-state index contributed by atoms with van der Waals surface area (Å²) in [6, 6.07) is 6.45. The van der Waals surface area contributed by atoms with Crippen molar-refractivity contribution in [3.63, 3.8) is 0 Å². The van der Waals surface area contributed by atoms with Gasteiger partial charge in [0, 0.05) is 24.3 Å². The molecule has 1 heterocycles. The fourth-order valence-corrected chi connectivity index (χ4v) is 2.39. The van der Waals surface area contributed by atoms with E-state index in [1.807, 2.05) is 13.0 Å². The molecule has 2 atom stereocenters. The van der Waals surface area contributed by atoms with Crippen LogP contribution in [0.4, 0.5) is 0 Å². The zero-order valence-electron chi connectivity index (χ0n) is 10.8. The van der Waals surface area contributed by atoms with Crippen molar-refractivity contribution in [1.29, 1.82) is 0 Å². The van der Waals surface area contributed by atoms with Gasteiger partial charge >= 0.3 is 0 Å². The Labute approximate surface area is 103 Å². The third kappa shape index (κ3) is 2.61. The molecule has 0 bridgehead atoms. The second-order valence-electron chi connectivity index (χ2n) is 4.92. The molecular weight excluding hydrogens is 214 g/mol. The van der Waals surface area contributed by atoms with Crippen molar-refractivity contribution in [3.05, 3.63) is 29.3 Å². The van der Waals surface area contributed by atoms with Crippen LogP contribution in [0.1, 0.15) is 30.5 Å². The summed E-state index contributed by atoms with van der Waals surface area (Å²) < 4.78 is 5.41. The van der Waals surface area contributed by atoms with E-state index in [1.54, 1.807) is 6.07 Å². The third-order valence-electron chi connectivity index (χ3n) is 3.73. The van der Waals surface area contributed by atoms with E-state index in [0.717, 1.165) is 25.2 Å². The van der Waals surface area contributed by atoms with Crippen molar-refractivity contribution in [1.82, 2.24) is 4.90 Å². The summed E-state index contributed by atoms with van der Waals surface area (Å²) in [4.78, 5) is 2.29. The van der Waals surface area contributed by atoms with E-state index >= 15 is 0 Å². The van der Waals surface area contributed by atoms with Gasteiger partial charge in [-0.15, -0.1) is 0 Å². The highest BCUT2D eigenvalue weighted by Crippen LogP contribution is 2.30. The monoisotopic (exact) mass is 235 g/mol. The first-order chi connectivity index (χ1) is 8.09. The maximum absolute atomic E-state index is 9.94. The first-order valence-corrected chi connectivity index (χ1v) is 6.19. The number of aryl methyl sites for hydroxylation is 1. The molecule has 1 aromatic rings. The molecule has 0 saturated carbocycles. The summed E-state index contributed by atoms with van der Waals surface area (Å²) in [6.07, 6.45) is 1.08. The van der Waals surface area contributed by atoms with E-state index in [4.69, 9.17) is 4.74 Å². The van der Waals surface area contributed by atoms with Crippen LogP contribution < -0.4 is 0 Å². The van der Waals surface area contributed by atoms with Gasteiger partial charge in [-0.3, -0.25) is 4.90 Å². The van der Waals surface area contributed by atoms with Gasteiger partial charge in [0.1, 0.15) is 5.75 Å². The van der Waals surface area contributed by atoms with E-state index in [0.29, 0.717) is 11.8 Å². The van der Waals surface area contributed by atoms with Crippen molar-refractivity contribution in [3.8, 4) is 5.75 Å². The van der Waals surface area contributed by atoms with Gasteiger partial charge in [-0.2, -0.15) is 0 Å². The fourth-order valence-electron chi connectivity index (χ4n) is 2.39. The summed E-state index contributed by atoms with van der Waals surface area (Å²) >= 11 is 0.